The number of aromatic nitrogens is 1. The molecule has 0 unspecified atom stereocenters. The number of hydrogen-bond donors (Lipinski definition) is 1. The summed E-state index contributed by atoms with van der Waals surface area (Å²) in [5, 5.41) is 9.37. The van der Waals surface area contributed by atoms with E-state index in [1.807, 2.05) is 30.3 Å². The summed E-state index contributed by atoms with van der Waals surface area (Å²) in [6, 6.07) is 12.0. The molecular formula is C17H17ClN2S. The molecule has 0 saturated heterocycles. The summed E-state index contributed by atoms with van der Waals surface area (Å²) in [7, 11) is 0. The van der Waals surface area contributed by atoms with Gasteiger partial charge in [-0.3, -0.25) is 0 Å². The molecular weight excluding hydrogens is 300 g/mol. The second-order valence-electron chi connectivity index (χ2n) is 6.05. The normalized spacial score (nSPS) is 11.8. The van der Waals surface area contributed by atoms with Gasteiger partial charge < -0.3 is 5.32 Å². The Labute approximate surface area is 133 Å². The SMILES string of the molecule is CC(C)(C)c1csc(Nc2ccc(Cl)c3ccccc23)n1. The van der Waals surface area contributed by atoms with E-state index in [0.717, 1.165) is 32.3 Å². The van der Waals surface area contributed by atoms with Gasteiger partial charge in [-0.05, 0) is 12.1 Å². The van der Waals surface area contributed by atoms with Gasteiger partial charge >= 0.3 is 0 Å². The zero-order valence-corrected chi connectivity index (χ0v) is 13.8. The minimum atomic E-state index is 0.0680. The lowest BCUT2D eigenvalue weighted by Gasteiger charge is -2.14. The predicted octanol–water partition coefficient (Wildman–Crippen LogP) is 5.99. The average Bonchev–Trinajstić information content (AvgIpc) is 2.91. The first-order valence-electron chi connectivity index (χ1n) is 6.85. The van der Waals surface area contributed by atoms with Crippen molar-refractivity contribution in [1.29, 1.82) is 0 Å². The number of nitrogens with zero attached hydrogens (tertiary/aromatic N) is 1. The van der Waals surface area contributed by atoms with Gasteiger partial charge in [0.2, 0.25) is 0 Å². The summed E-state index contributed by atoms with van der Waals surface area (Å²) < 4.78 is 0. The van der Waals surface area contributed by atoms with E-state index in [0.29, 0.717) is 0 Å². The van der Waals surface area contributed by atoms with E-state index < -0.39 is 0 Å². The van der Waals surface area contributed by atoms with Crippen LogP contribution in [-0.2, 0) is 5.41 Å². The van der Waals surface area contributed by atoms with E-state index >= 15 is 0 Å². The lowest BCUT2D eigenvalue weighted by atomic mass is 9.93. The first kappa shape index (κ1) is 14.4. The fraction of sp³-hybridized carbons (Fsp3) is 0.235. The maximum Gasteiger partial charge on any atom is 0.187 e. The van der Waals surface area contributed by atoms with Crippen LogP contribution < -0.4 is 5.32 Å². The molecule has 2 nitrogen and oxygen atoms in total. The first-order valence-corrected chi connectivity index (χ1v) is 8.11. The summed E-state index contributed by atoms with van der Waals surface area (Å²) in [5.74, 6) is 0. The molecule has 108 valence electrons. The third-order valence-electron chi connectivity index (χ3n) is 3.39. The zero-order chi connectivity index (χ0) is 15.0. The van der Waals surface area contributed by atoms with Gasteiger partial charge in [0.05, 0.1) is 5.69 Å². The zero-order valence-electron chi connectivity index (χ0n) is 12.3. The summed E-state index contributed by atoms with van der Waals surface area (Å²) >= 11 is 7.88. The second kappa shape index (κ2) is 5.32. The van der Waals surface area contributed by atoms with Crippen LogP contribution in [0.5, 0.6) is 0 Å². The minimum Gasteiger partial charge on any atom is -0.331 e. The molecule has 21 heavy (non-hydrogen) atoms. The van der Waals surface area contributed by atoms with Crippen molar-refractivity contribution in [3.8, 4) is 0 Å². The van der Waals surface area contributed by atoms with Crippen molar-refractivity contribution >= 4 is 44.5 Å². The largest absolute Gasteiger partial charge is 0.331 e. The van der Waals surface area contributed by atoms with Crippen LogP contribution in [0, 0.1) is 0 Å². The Hall–Kier alpha value is -1.58. The van der Waals surface area contributed by atoms with Gasteiger partial charge in [-0.1, -0.05) is 56.6 Å². The Morgan fingerprint density at radius 2 is 1.76 bits per heavy atom. The summed E-state index contributed by atoms with van der Waals surface area (Å²) in [6.07, 6.45) is 0. The fourth-order valence-corrected chi connectivity index (χ4v) is 3.34. The van der Waals surface area contributed by atoms with Crippen molar-refractivity contribution in [2.45, 2.75) is 26.2 Å². The molecule has 0 aliphatic carbocycles. The molecule has 3 rings (SSSR count). The molecule has 1 aromatic heterocycles. The van der Waals surface area contributed by atoms with Crippen LogP contribution in [0.4, 0.5) is 10.8 Å². The quantitative estimate of drug-likeness (QED) is 0.628. The number of benzene rings is 2. The number of rotatable bonds is 2. The van der Waals surface area contributed by atoms with Crippen LogP contribution in [0.25, 0.3) is 10.8 Å². The molecule has 0 spiro atoms. The molecule has 0 aliphatic heterocycles. The third-order valence-corrected chi connectivity index (χ3v) is 4.47. The van der Waals surface area contributed by atoms with E-state index in [1.54, 1.807) is 11.3 Å². The lowest BCUT2D eigenvalue weighted by molar-refractivity contribution is 0.573. The van der Waals surface area contributed by atoms with Crippen molar-refractivity contribution in [3.05, 3.63) is 52.5 Å². The molecule has 4 heteroatoms. The van der Waals surface area contributed by atoms with Gasteiger partial charge in [0.1, 0.15) is 0 Å². The first-order chi connectivity index (χ1) is 9.95. The molecule has 0 fully saturated rings. The molecule has 2 aromatic carbocycles. The molecule has 3 aromatic rings. The topological polar surface area (TPSA) is 24.9 Å². The molecule has 0 amide bonds. The van der Waals surface area contributed by atoms with Gasteiger partial charge in [0.25, 0.3) is 0 Å². The monoisotopic (exact) mass is 316 g/mol. The molecule has 0 atom stereocenters. The van der Waals surface area contributed by atoms with E-state index in [-0.39, 0.29) is 5.41 Å². The summed E-state index contributed by atoms with van der Waals surface area (Å²) in [6.45, 7) is 6.51. The van der Waals surface area contributed by atoms with Crippen LogP contribution in [0.3, 0.4) is 0 Å². The Bertz CT molecular complexity index is 787. The standard InChI is InChI=1S/C17H17ClN2S/c1-17(2,3)15-10-21-16(20-15)19-14-9-8-13(18)11-6-4-5-7-12(11)14/h4-10H,1-3H3,(H,19,20). The van der Waals surface area contributed by atoms with Gasteiger partial charge in [-0.15, -0.1) is 11.3 Å². The van der Waals surface area contributed by atoms with Crippen molar-refractivity contribution in [2.24, 2.45) is 0 Å². The van der Waals surface area contributed by atoms with Crippen LogP contribution in [0.1, 0.15) is 26.5 Å². The number of anilines is 2. The molecule has 1 heterocycles. The Morgan fingerprint density at radius 1 is 1.05 bits per heavy atom. The van der Waals surface area contributed by atoms with Crippen LogP contribution >= 0.6 is 22.9 Å². The van der Waals surface area contributed by atoms with E-state index in [4.69, 9.17) is 11.6 Å². The number of nitrogens with one attached hydrogen (secondary N) is 1. The maximum absolute atomic E-state index is 6.26. The molecule has 0 radical (unpaired) electrons. The maximum atomic E-state index is 6.26. The van der Waals surface area contributed by atoms with Crippen molar-refractivity contribution in [2.75, 3.05) is 5.32 Å². The van der Waals surface area contributed by atoms with Crippen molar-refractivity contribution in [3.63, 3.8) is 0 Å². The number of hydrogen-bond acceptors (Lipinski definition) is 3. The van der Waals surface area contributed by atoms with Crippen LogP contribution in [-0.4, -0.2) is 4.98 Å². The second-order valence-corrected chi connectivity index (χ2v) is 7.32. The highest BCUT2D eigenvalue weighted by Crippen LogP contribution is 2.33. The highest BCUT2D eigenvalue weighted by atomic mass is 35.5. The number of thiazole rings is 1. The summed E-state index contributed by atoms with van der Waals surface area (Å²) in [4.78, 5) is 4.68. The van der Waals surface area contributed by atoms with Gasteiger partial charge in [-0.25, -0.2) is 4.98 Å². The summed E-state index contributed by atoms with van der Waals surface area (Å²) in [5.41, 5.74) is 2.21. The van der Waals surface area contributed by atoms with Crippen molar-refractivity contribution < 1.29 is 0 Å². The average molecular weight is 317 g/mol. The van der Waals surface area contributed by atoms with Gasteiger partial charge in [-0.2, -0.15) is 0 Å². The number of halogens is 1. The smallest absolute Gasteiger partial charge is 0.187 e. The Morgan fingerprint density at radius 3 is 2.43 bits per heavy atom. The Balaban J connectivity index is 1.99. The molecule has 1 N–H and O–H groups in total. The van der Waals surface area contributed by atoms with E-state index in [2.05, 4.69) is 42.5 Å². The molecule has 0 aliphatic rings. The lowest BCUT2D eigenvalue weighted by Crippen LogP contribution is -2.11. The van der Waals surface area contributed by atoms with E-state index in [9.17, 15) is 0 Å². The minimum absolute atomic E-state index is 0.0680. The van der Waals surface area contributed by atoms with E-state index in [1.165, 1.54) is 0 Å². The van der Waals surface area contributed by atoms with Gasteiger partial charge in [0, 0.05) is 32.3 Å². The Kier molecular flexibility index (Phi) is 3.64. The van der Waals surface area contributed by atoms with Gasteiger partial charge in [0.15, 0.2) is 5.13 Å². The molecule has 0 saturated carbocycles. The fourth-order valence-electron chi connectivity index (χ4n) is 2.16. The van der Waals surface area contributed by atoms with Crippen LogP contribution in [0.2, 0.25) is 5.02 Å². The number of fused-ring (bicyclic) bond motifs is 1. The highest BCUT2D eigenvalue weighted by molar-refractivity contribution is 7.13. The third kappa shape index (κ3) is 2.89. The highest BCUT2D eigenvalue weighted by Gasteiger charge is 2.17. The predicted molar refractivity (Wildman–Crippen MR) is 93.1 cm³/mol. The van der Waals surface area contributed by atoms with Crippen LogP contribution in [0.15, 0.2) is 41.8 Å². The van der Waals surface area contributed by atoms with Crippen molar-refractivity contribution in [1.82, 2.24) is 4.98 Å². The molecule has 0 bridgehead atoms.